The molecule has 0 spiro atoms. The molecule has 1 aromatic rings. The Kier molecular flexibility index (Phi) is 6.36. The fraction of sp³-hybridized carbons (Fsp3) is 0.615. The summed E-state index contributed by atoms with van der Waals surface area (Å²) in [5.74, 6) is 0.512. The van der Waals surface area contributed by atoms with Crippen molar-refractivity contribution in [2.45, 2.75) is 32.9 Å². The van der Waals surface area contributed by atoms with Gasteiger partial charge in [0, 0.05) is 23.3 Å². The average molecular weight is 351 g/mol. The van der Waals surface area contributed by atoms with Crippen LogP contribution in [0.3, 0.4) is 0 Å². The number of amides is 1. The maximum absolute atomic E-state index is 12.3. The van der Waals surface area contributed by atoms with Crippen LogP contribution in [0.5, 0.6) is 0 Å². The molecular weight excluding hydrogens is 330 g/mol. The third-order valence-corrected chi connectivity index (χ3v) is 3.97. The number of carbonyl (C=O) groups excluding carboxylic acids is 1. The molecule has 0 bridgehead atoms. The molecule has 1 aromatic heterocycles. The number of hydrogen-bond acceptors (Lipinski definition) is 2. The first-order valence-electron chi connectivity index (χ1n) is 6.49. The van der Waals surface area contributed by atoms with Crippen molar-refractivity contribution in [3.63, 3.8) is 0 Å². The van der Waals surface area contributed by atoms with Gasteiger partial charge in [-0.15, -0.1) is 12.4 Å². The first-order valence-corrected chi connectivity index (χ1v) is 7.28. The highest BCUT2D eigenvalue weighted by molar-refractivity contribution is 9.10. The SMILES string of the molecule is CCn1cc(Br)cc1C(=O)NC1CCNCC1C.Cl. The van der Waals surface area contributed by atoms with Gasteiger partial charge in [0.05, 0.1) is 0 Å². The van der Waals surface area contributed by atoms with Gasteiger partial charge in [0.1, 0.15) is 5.69 Å². The fourth-order valence-corrected chi connectivity index (χ4v) is 2.86. The molecule has 6 heteroatoms. The van der Waals surface area contributed by atoms with Crippen LogP contribution in [0.4, 0.5) is 0 Å². The number of carbonyl (C=O) groups is 1. The van der Waals surface area contributed by atoms with Crippen LogP contribution in [-0.4, -0.2) is 29.6 Å². The molecular formula is C13H21BrClN3O. The summed E-state index contributed by atoms with van der Waals surface area (Å²) in [6, 6.07) is 2.16. The monoisotopic (exact) mass is 349 g/mol. The highest BCUT2D eigenvalue weighted by atomic mass is 79.9. The van der Waals surface area contributed by atoms with Crippen LogP contribution in [0.25, 0.3) is 0 Å². The summed E-state index contributed by atoms with van der Waals surface area (Å²) in [5.41, 5.74) is 0.732. The van der Waals surface area contributed by atoms with Gasteiger partial charge in [-0.2, -0.15) is 0 Å². The Bertz CT molecular complexity index is 436. The van der Waals surface area contributed by atoms with Gasteiger partial charge in [0.25, 0.3) is 5.91 Å². The molecule has 0 radical (unpaired) electrons. The maximum atomic E-state index is 12.3. The lowest BCUT2D eigenvalue weighted by Gasteiger charge is -2.30. The molecule has 2 heterocycles. The first kappa shape index (κ1) is 16.5. The van der Waals surface area contributed by atoms with Crippen molar-refractivity contribution in [1.29, 1.82) is 0 Å². The number of aromatic nitrogens is 1. The Hall–Kier alpha value is -0.520. The number of halogens is 2. The number of hydrogen-bond donors (Lipinski definition) is 2. The second-order valence-electron chi connectivity index (χ2n) is 4.88. The Morgan fingerprint density at radius 1 is 1.63 bits per heavy atom. The number of aryl methyl sites for hydroxylation is 1. The van der Waals surface area contributed by atoms with Crippen molar-refractivity contribution in [1.82, 2.24) is 15.2 Å². The van der Waals surface area contributed by atoms with E-state index in [0.717, 1.165) is 36.2 Å². The van der Waals surface area contributed by atoms with E-state index in [4.69, 9.17) is 0 Å². The minimum atomic E-state index is 0. The van der Waals surface area contributed by atoms with Crippen LogP contribution >= 0.6 is 28.3 Å². The highest BCUT2D eigenvalue weighted by Crippen LogP contribution is 2.16. The van der Waals surface area contributed by atoms with Gasteiger partial charge >= 0.3 is 0 Å². The molecule has 1 fully saturated rings. The molecule has 1 aliphatic rings. The van der Waals surface area contributed by atoms with E-state index in [-0.39, 0.29) is 24.4 Å². The van der Waals surface area contributed by atoms with Gasteiger partial charge < -0.3 is 15.2 Å². The van der Waals surface area contributed by atoms with Crippen LogP contribution in [0, 0.1) is 5.92 Å². The highest BCUT2D eigenvalue weighted by Gasteiger charge is 2.24. The van der Waals surface area contributed by atoms with Crippen molar-refractivity contribution < 1.29 is 4.79 Å². The normalized spacial score (nSPS) is 22.7. The van der Waals surface area contributed by atoms with E-state index in [2.05, 4.69) is 33.5 Å². The second-order valence-corrected chi connectivity index (χ2v) is 5.80. The molecule has 4 nitrogen and oxygen atoms in total. The summed E-state index contributed by atoms with van der Waals surface area (Å²) in [7, 11) is 0. The molecule has 2 unspecified atom stereocenters. The molecule has 1 saturated heterocycles. The third-order valence-electron chi connectivity index (χ3n) is 3.54. The lowest BCUT2D eigenvalue weighted by atomic mass is 9.95. The summed E-state index contributed by atoms with van der Waals surface area (Å²) >= 11 is 3.42. The van der Waals surface area contributed by atoms with Crippen molar-refractivity contribution in [3.05, 3.63) is 22.4 Å². The molecule has 0 aromatic carbocycles. The Morgan fingerprint density at radius 3 is 3.00 bits per heavy atom. The maximum Gasteiger partial charge on any atom is 0.268 e. The van der Waals surface area contributed by atoms with Crippen LogP contribution in [0.2, 0.25) is 0 Å². The predicted molar refractivity (Wildman–Crippen MR) is 83.0 cm³/mol. The van der Waals surface area contributed by atoms with Crippen molar-refractivity contribution in [2.75, 3.05) is 13.1 Å². The lowest BCUT2D eigenvalue weighted by molar-refractivity contribution is 0.0905. The summed E-state index contributed by atoms with van der Waals surface area (Å²) < 4.78 is 2.92. The van der Waals surface area contributed by atoms with E-state index in [1.807, 2.05) is 23.8 Å². The lowest BCUT2D eigenvalue weighted by Crippen LogP contribution is -2.48. The largest absolute Gasteiger partial charge is 0.348 e. The van der Waals surface area contributed by atoms with E-state index in [0.29, 0.717) is 5.92 Å². The molecule has 1 aliphatic heterocycles. The Morgan fingerprint density at radius 2 is 2.37 bits per heavy atom. The molecule has 19 heavy (non-hydrogen) atoms. The predicted octanol–water partition coefficient (Wildman–Crippen LogP) is 2.42. The van der Waals surface area contributed by atoms with E-state index >= 15 is 0 Å². The zero-order valence-electron chi connectivity index (χ0n) is 11.3. The van der Waals surface area contributed by atoms with E-state index in [9.17, 15) is 4.79 Å². The van der Waals surface area contributed by atoms with Gasteiger partial charge in [-0.25, -0.2) is 0 Å². The van der Waals surface area contributed by atoms with Crippen molar-refractivity contribution in [2.24, 2.45) is 5.92 Å². The fourth-order valence-electron chi connectivity index (χ4n) is 2.40. The summed E-state index contributed by atoms with van der Waals surface area (Å²) in [5, 5.41) is 6.49. The van der Waals surface area contributed by atoms with Gasteiger partial charge in [-0.3, -0.25) is 4.79 Å². The zero-order chi connectivity index (χ0) is 13.1. The minimum absolute atomic E-state index is 0. The van der Waals surface area contributed by atoms with Gasteiger partial charge in [0.15, 0.2) is 0 Å². The van der Waals surface area contributed by atoms with Crippen LogP contribution in [0.1, 0.15) is 30.8 Å². The summed E-state index contributed by atoms with van der Waals surface area (Å²) in [6.45, 7) is 6.97. The average Bonchev–Trinajstić information content (AvgIpc) is 2.73. The molecule has 0 saturated carbocycles. The van der Waals surface area contributed by atoms with Gasteiger partial charge in [0.2, 0.25) is 0 Å². The Balaban J connectivity index is 0.00000180. The zero-order valence-corrected chi connectivity index (χ0v) is 13.7. The molecule has 2 atom stereocenters. The molecule has 2 rings (SSSR count). The van der Waals surface area contributed by atoms with Gasteiger partial charge in [-0.05, 0) is 54.3 Å². The second kappa shape index (κ2) is 7.31. The van der Waals surface area contributed by atoms with Crippen LogP contribution in [0.15, 0.2) is 16.7 Å². The number of rotatable bonds is 3. The third kappa shape index (κ3) is 3.97. The van der Waals surface area contributed by atoms with Gasteiger partial charge in [-0.1, -0.05) is 6.92 Å². The summed E-state index contributed by atoms with van der Waals surface area (Å²) in [6.07, 6.45) is 2.95. The van der Waals surface area contributed by atoms with E-state index in [1.165, 1.54) is 0 Å². The smallest absolute Gasteiger partial charge is 0.268 e. The van der Waals surface area contributed by atoms with Crippen molar-refractivity contribution in [3.8, 4) is 0 Å². The van der Waals surface area contributed by atoms with E-state index in [1.54, 1.807) is 0 Å². The number of nitrogens with one attached hydrogen (secondary N) is 2. The minimum Gasteiger partial charge on any atom is -0.348 e. The first-order chi connectivity index (χ1) is 8.61. The quantitative estimate of drug-likeness (QED) is 0.879. The number of piperidine rings is 1. The molecule has 1 amide bonds. The molecule has 108 valence electrons. The summed E-state index contributed by atoms with van der Waals surface area (Å²) in [4.78, 5) is 12.3. The molecule has 0 aliphatic carbocycles. The van der Waals surface area contributed by atoms with Crippen LogP contribution in [-0.2, 0) is 6.54 Å². The Labute approximate surface area is 128 Å². The standard InChI is InChI=1S/C13H20BrN3O.ClH/c1-3-17-8-10(14)6-12(17)13(18)16-11-4-5-15-7-9(11)2;/h6,8-9,11,15H,3-5,7H2,1-2H3,(H,16,18);1H. The number of nitrogens with zero attached hydrogens (tertiary/aromatic N) is 1. The van der Waals surface area contributed by atoms with Crippen LogP contribution < -0.4 is 10.6 Å². The molecule has 2 N–H and O–H groups in total. The van der Waals surface area contributed by atoms with Crippen molar-refractivity contribution >= 4 is 34.2 Å². The van der Waals surface area contributed by atoms with E-state index < -0.39 is 0 Å². The topological polar surface area (TPSA) is 46.1 Å².